The minimum atomic E-state index is -2.55. The topological polar surface area (TPSA) is 49.8 Å². The molecule has 4 nitrogen and oxygen atoms in total. The number of piperidine rings is 1. The van der Waals surface area contributed by atoms with Crippen LogP contribution in [-0.4, -0.2) is 47.3 Å². The molecule has 0 spiro atoms. The number of hydrogen-bond donors (Lipinski definition) is 1. The van der Waals surface area contributed by atoms with Gasteiger partial charge in [0.05, 0.1) is 12.6 Å². The summed E-state index contributed by atoms with van der Waals surface area (Å²) in [6.45, 7) is 5.29. The normalized spacial score (nSPS) is 26.2. The smallest absolute Gasteiger partial charge is 0.410 e. The van der Waals surface area contributed by atoms with Crippen LogP contribution in [0.25, 0.3) is 0 Å². The Labute approximate surface area is 99.5 Å². The van der Waals surface area contributed by atoms with Crippen LogP contribution < -0.4 is 0 Å². The summed E-state index contributed by atoms with van der Waals surface area (Å²) in [5.74, 6) is -1.05. The maximum absolute atomic E-state index is 12.5. The summed E-state index contributed by atoms with van der Waals surface area (Å²) in [6, 6.07) is 0. The van der Waals surface area contributed by atoms with E-state index in [1.807, 2.05) is 0 Å². The van der Waals surface area contributed by atoms with Gasteiger partial charge in [-0.2, -0.15) is 0 Å². The number of carbonyl (C=O) groups is 1. The van der Waals surface area contributed by atoms with Gasteiger partial charge in [-0.25, -0.2) is 13.6 Å². The Bertz CT molecular complexity index is 278. The van der Waals surface area contributed by atoms with Crippen molar-refractivity contribution in [3.63, 3.8) is 0 Å². The number of likely N-dealkylation sites (tertiary alicyclic amines) is 1. The molecule has 0 radical (unpaired) electrons. The highest BCUT2D eigenvalue weighted by Gasteiger charge is 2.36. The lowest BCUT2D eigenvalue weighted by Gasteiger charge is -2.36. The van der Waals surface area contributed by atoms with Gasteiger partial charge in [-0.05, 0) is 27.2 Å². The maximum Gasteiger partial charge on any atom is 0.410 e. The van der Waals surface area contributed by atoms with Gasteiger partial charge in [0.25, 0.3) is 0 Å². The predicted octanol–water partition coefficient (Wildman–Crippen LogP) is 1.87. The SMILES string of the molecule is CC(C)(C)OC(=O)N1CC[C@H](C(F)F)[C@@H](O)C1. The van der Waals surface area contributed by atoms with Crippen LogP contribution in [0.1, 0.15) is 27.2 Å². The lowest BCUT2D eigenvalue weighted by atomic mass is 9.95. The third-order valence-corrected chi connectivity index (χ3v) is 2.61. The number of rotatable bonds is 1. The Morgan fingerprint density at radius 3 is 2.47 bits per heavy atom. The number of β-amino-alcohol motifs (C(OH)–C–C–N with tert-alkyl or cyclic N) is 1. The summed E-state index contributed by atoms with van der Waals surface area (Å²) >= 11 is 0. The van der Waals surface area contributed by atoms with Gasteiger partial charge >= 0.3 is 6.09 Å². The van der Waals surface area contributed by atoms with Gasteiger partial charge in [0.15, 0.2) is 0 Å². The quantitative estimate of drug-likeness (QED) is 0.774. The van der Waals surface area contributed by atoms with Crippen molar-refractivity contribution < 1.29 is 23.4 Å². The Balaban J connectivity index is 2.52. The second-order valence-electron chi connectivity index (χ2n) is 5.28. The standard InChI is InChI=1S/C11H19F2NO3/c1-11(2,3)17-10(16)14-5-4-7(9(12)13)8(15)6-14/h7-9,15H,4-6H2,1-3H3/t7-,8-/m0/s1. The Kier molecular flexibility index (Phi) is 4.30. The molecule has 6 heteroatoms. The average molecular weight is 251 g/mol. The van der Waals surface area contributed by atoms with Gasteiger partial charge in [-0.15, -0.1) is 0 Å². The molecule has 0 aliphatic carbocycles. The Morgan fingerprint density at radius 1 is 1.47 bits per heavy atom. The summed E-state index contributed by atoms with van der Waals surface area (Å²) in [6.07, 6.45) is -4.20. The number of ether oxygens (including phenoxy) is 1. The summed E-state index contributed by atoms with van der Waals surface area (Å²) in [5, 5.41) is 9.53. The van der Waals surface area contributed by atoms with Crippen LogP contribution in [0.3, 0.4) is 0 Å². The van der Waals surface area contributed by atoms with E-state index in [1.54, 1.807) is 20.8 Å². The molecular formula is C11H19F2NO3. The first-order valence-electron chi connectivity index (χ1n) is 5.65. The van der Waals surface area contributed by atoms with Gasteiger partial charge in [-0.3, -0.25) is 0 Å². The molecule has 1 amide bonds. The second kappa shape index (κ2) is 5.16. The molecule has 0 bridgehead atoms. The first-order chi connectivity index (χ1) is 7.70. The summed E-state index contributed by atoms with van der Waals surface area (Å²) in [5.41, 5.74) is -0.623. The minimum Gasteiger partial charge on any atom is -0.444 e. The summed E-state index contributed by atoms with van der Waals surface area (Å²) < 4.78 is 30.1. The van der Waals surface area contributed by atoms with Gasteiger partial charge in [0.2, 0.25) is 6.43 Å². The van der Waals surface area contributed by atoms with E-state index in [-0.39, 0.29) is 19.5 Å². The second-order valence-corrected chi connectivity index (χ2v) is 5.28. The zero-order chi connectivity index (χ0) is 13.2. The Morgan fingerprint density at radius 2 is 2.06 bits per heavy atom. The molecule has 1 fully saturated rings. The first-order valence-corrected chi connectivity index (χ1v) is 5.65. The van der Waals surface area contributed by atoms with Crippen LogP contribution in [-0.2, 0) is 4.74 Å². The van der Waals surface area contributed by atoms with Gasteiger partial charge < -0.3 is 14.7 Å². The van der Waals surface area contributed by atoms with Crippen molar-refractivity contribution in [1.82, 2.24) is 4.90 Å². The van der Waals surface area contributed by atoms with Gasteiger partial charge in [-0.1, -0.05) is 0 Å². The van der Waals surface area contributed by atoms with Crippen molar-refractivity contribution in [2.24, 2.45) is 5.92 Å². The predicted molar refractivity (Wildman–Crippen MR) is 57.9 cm³/mol. The fourth-order valence-corrected chi connectivity index (χ4v) is 1.74. The third-order valence-electron chi connectivity index (χ3n) is 2.61. The molecule has 1 saturated heterocycles. The maximum atomic E-state index is 12.5. The molecule has 0 saturated carbocycles. The van der Waals surface area contributed by atoms with Crippen LogP contribution in [0.5, 0.6) is 0 Å². The van der Waals surface area contributed by atoms with E-state index in [1.165, 1.54) is 4.90 Å². The monoisotopic (exact) mass is 251 g/mol. The summed E-state index contributed by atoms with van der Waals surface area (Å²) in [4.78, 5) is 12.9. The zero-order valence-electron chi connectivity index (χ0n) is 10.3. The number of aliphatic hydroxyl groups is 1. The van der Waals surface area contributed by atoms with Crippen LogP contribution in [0.15, 0.2) is 0 Å². The fourth-order valence-electron chi connectivity index (χ4n) is 1.74. The molecule has 1 N–H and O–H groups in total. The average Bonchev–Trinajstić information content (AvgIpc) is 2.14. The number of nitrogens with zero attached hydrogens (tertiary/aromatic N) is 1. The van der Waals surface area contributed by atoms with Crippen LogP contribution in [0.4, 0.5) is 13.6 Å². The van der Waals surface area contributed by atoms with E-state index >= 15 is 0 Å². The van der Waals surface area contributed by atoms with Crippen LogP contribution in [0, 0.1) is 5.92 Å². The minimum absolute atomic E-state index is 0.0933. The van der Waals surface area contributed by atoms with E-state index in [2.05, 4.69) is 0 Å². The molecule has 2 atom stereocenters. The number of aliphatic hydroxyl groups excluding tert-OH is 1. The molecule has 0 aromatic heterocycles. The largest absolute Gasteiger partial charge is 0.444 e. The van der Waals surface area contributed by atoms with E-state index in [9.17, 15) is 18.7 Å². The highest BCUT2D eigenvalue weighted by Crippen LogP contribution is 2.25. The van der Waals surface area contributed by atoms with Crippen molar-refractivity contribution >= 4 is 6.09 Å². The van der Waals surface area contributed by atoms with Crippen molar-refractivity contribution in [1.29, 1.82) is 0 Å². The molecule has 1 aliphatic heterocycles. The van der Waals surface area contributed by atoms with Crippen molar-refractivity contribution in [3.05, 3.63) is 0 Å². The zero-order valence-corrected chi connectivity index (χ0v) is 10.3. The van der Waals surface area contributed by atoms with E-state index in [0.29, 0.717) is 0 Å². The van der Waals surface area contributed by atoms with Crippen molar-refractivity contribution in [2.75, 3.05) is 13.1 Å². The van der Waals surface area contributed by atoms with E-state index in [4.69, 9.17) is 4.74 Å². The third kappa shape index (κ3) is 4.11. The highest BCUT2D eigenvalue weighted by atomic mass is 19.3. The molecule has 1 rings (SSSR count). The molecule has 0 aromatic carbocycles. The van der Waals surface area contributed by atoms with Gasteiger partial charge in [0.1, 0.15) is 5.60 Å². The first kappa shape index (κ1) is 14.2. The van der Waals surface area contributed by atoms with E-state index < -0.39 is 30.1 Å². The number of carbonyl (C=O) groups excluding carboxylic acids is 1. The lowest BCUT2D eigenvalue weighted by Crippen LogP contribution is -2.49. The molecule has 0 aromatic rings. The molecule has 1 heterocycles. The lowest BCUT2D eigenvalue weighted by molar-refractivity contribution is -0.0586. The summed E-state index contributed by atoms with van der Waals surface area (Å²) in [7, 11) is 0. The van der Waals surface area contributed by atoms with Crippen molar-refractivity contribution in [2.45, 2.75) is 45.3 Å². The molecule has 17 heavy (non-hydrogen) atoms. The number of hydrogen-bond acceptors (Lipinski definition) is 3. The van der Waals surface area contributed by atoms with Crippen LogP contribution >= 0.6 is 0 Å². The molecule has 1 aliphatic rings. The van der Waals surface area contributed by atoms with Crippen LogP contribution in [0.2, 0.25) is 0 Å². The number of alkyl halides is 2. The molecular weight excluding hydrogens is 232 g/mol. The number of halogens is 2. The van der Waals surface area contributed by atoms with Crippen molar-refractivity contribution in [3.8, 4) is 0 Å². The Hall–Kier alpha value is -0.910. The van der Waals surface area contributed by atoms with E-state index in [0.717, 1.165) is 0 Å². The molecule has 0 unspecified atom stereocenters. The fraction of sp³-hybridized carbons (Fsp3) is 0.909. The van der Waals surface area contributed by atoms with Gasteiger partial charge in [0, 0.05) is 12.5 Å². The molecule has 100 valence electrons. The highest BCUT2D eigenvalue weighted by molar-refractivity contribution is 5.68. The number of amides is 1.